The van der Waals surface area contributed by atoms with Gasteiger partial charge >= 0.3 is 0 Å². The lowest BCUT2D eigenvalue weighted by atomic mass is 10.1. The van der Waals surface area contributed by atoms with Gasteiger partial charge in [0.25, 0.3) is 0 Å². The molecule has 0 N–H and O–H groups in total. The summed E-state index contributed by atoms with van der Waals surface area (Å²) in [5.74, 6) is 0.782. The summed E-state index contributed by atoms with van der Waals surface area (Å²) in [6.45, 7) is 0. The second-order valence-corrected chi connectivity index (χ2v) is 2.70. The zero-order valence-corrected chi connectivity index (χ0v) is 7.79. The van der Waals surface area contributed by atoms with Crippen LogP contribution in [0.5, 0.6) is 0 Å². The monoisotopic (exact) mass is 193 g/mol. The molecule has 0 amide bonds. The molecule has 0 fully saturated rings. The molecule has 0 bridgehead atoms. The Morgan fingerprint density at radius 1 is 1.50 bits per heavy atom. The summed E-state index contributed by atoms with van der Waals surface area (Å²) in [4.78, 5) is 9.50. The van der Waals surface area contributed by atoms with Crippen molar-refractivity contribution in [1.82, 2.24) is 0 Å². The van der Waals surface area contributed by atoms with Crippen LogP contribution in [-0.2, 0) is 4.74 Å². The molecule has 1 aliphatic rings. The summed E-state index contributed by atoms with van der Waals surface area (Å²) in [7, 11) is 1.55. The highest BCUT2D eigenvalue weighted by Crippen LogP contribution is 2.19. The van der Waals surface area contributed by atoms with Crippen LogP contribution in [0.2, 0.25) is 0 Å². The Labute approximate surface area is 82.0 Å². The molecule has 0 unspecified atom stereocenters. The van der Waals surface area contributed by atoms with Gasteiger partial charge in [0.1, 0.15) is 5.76 Å². The third-order valence-electron chi connectivity index (χ3n) is 1.78. The third kappa shape index (κ3) is 2.90. The molecule has 74 valence electrons. The number of ether oxygens (including phenoxy) is 1. The van der Waals surface area contributed by atoms with Gasteiger partial charge in [-0.15, -0.1) is 0 Å². The van der Waals surface area contributed by atoms with E-state index < -0.39 is 4.92 Å². The summed E-state index contributed by atoms with van der Waals surface area (Å²) in [6, 6.07) is 0. The molecule has 0 saturated heterocycles. The summed E-state index contributed by atoms with van der Waals surface area (Å²) in [5, 5.41) is 10.0. The second kappa shape index (κ2) is 5.01. The number of methoxy groups -OCH3 is 1. The SMILES string of the molecule is COC(=CC=C[N+](=O)[O-])C1C=CC=C1. The highest BCUT2D eigenvalue weighted by Gasteiger charge is 2.09. The minimum atomic E-state index is -0.510. The quantitative estimate of drug-likeness (QED) is 0.297. The summed E-state index contributed by atoms with van der Waals surface area (Å²) >= 11 is 0. The summed E-state index contributed by atoms with van der Waals surface area (Å²) in [5.41, 5.74) is 0. The number of nitro groups is 1. The fourth-order valence-electron chi connectivity index (χ4n) is 1.14. The Hall–Kier alpha value is -1.84. The van der Waals surface area contributed by atoms with Crippen molar-refractivity contribution in [3.8, 4) is 0 Å². The average Bonchev–Trinajstić information content (AvgIpc) is 2.64. The molecule has 14 heavy (non-hydrogen) atoms. The maximum Gasteiger partial charge on any atom is 0.234 e. The van der Waals surface area contributed by atoms with Crippen LogP contribution in [0.1, 0.15) is 0 Å². The third-order valence-corrected chi connectivity index (χ3v) is 1.78. The van der Waals surface area contributed by atoms with E-state index in [9.17, 15) is 10.1 Å². The van der Waals surface area contributed by atoms with Crippen LogP contribution in [0, 0.1) is 16.0 Å². The van der Waals surface area contributed by atoms with Crippen molar-refractivity contribution >= 4 is 0 Å². The largest absolute Gasteiger partial charge is 0.500 e. The molecule has 1 rings (SSSR count). The molecule has 4 nitrogen and oxygen atoms in total. The van der Waals surface area contributed by atoms with Crippen LogP contribution in [-0.4, -0.2) is 12.0 Å². The molecule has 0 aromatic carbocycles. The molecule has 0 aromatic heterocycles. The van der Waals surface area contributed by atoms with Crippen molar-refractivity contribution < 1.29 is 9.66 Å². The molecule has 4 heteroatoms. The van der Waals surface area contributed by atoms with Gasteiger partial charge in [0.2, 0.25) is 6.20 Å². The molecular formula is C10H11NO3. The predicted octanol–water partition coefficient (Wildman–Crippen LogP) is 2.05. The van der Waals surface area contributed by atoms with Gasteiger partial charge in [-0.3, -0.25) is 10.1 Å². The van der Waals surface area contributed by atoms with Crippen LogP contribution in [0.25, 0.3) is 0 Å². The van der Waals surface area contributed by atoms with E-state index in [1.165, 1.54) is 6.08 Å². The Morgan fingerprint density at radius 2 is 2.14 bits per heavy atom. The number of allylic oxidation sites excluding steroid dienone is 5. The van der Waals surface area contributed by atoms with Crippen molar-refractivity contribution in [2.24, 2.45) is 5.92 Å². The van der Waals surface area contributed by atoms with E-state index >= 15 is 0 Å². The van der Waals surface area contributed by atoms with Crippen LogP contribution < -0.4 is 0 Å². The van der Waals surface area contributed by atoms with Gasteiger partial charge in [0.15, 0.2) is 0 Å². The van der Waals surface area contributed by atoms with Gasteiger partial charge in [0, 0.05) is 6.08 Å². The van der Waals surface area contributed by atoms with Gasteiger partial charge in [-0.05, 0) is 6.08 Å². The standard InChI is InChI=1S/C10H11NO3/c1-14-10(7-4-8-11(12)13)9-5-2-3-6-9/h2-9H,1H3. The second-order valence-electron chi connectivity index (χ2n) is 2.70. The van der Waals surface area contributed by atoms with Crippen molar-refractivity contribution in [2.45, 2.75) is 0 Å². The maximum absolute atomic E-state index is 10.0. The molecule has 0 aromatic rings. The molecule has 0 heterocycles. The fraction of sp³-hybridized carbons (Fsp3) is 0.200. The van der Waals surface area contributed by atoms with E-state index in [4.69, 9.17) is 4.74 Å². The molecule has 0 radical (unpaired) electrons. The first-order chi connectivity index (χ1) is 6.74. The molecule has 0 saturated carbocycles. The lowest BCUT2D eigenvalue weighted by molar-refractivity contribution is -0.402. The zero-order valence-electron chi connectivity index (χ0n) is 7.79. The first-order valence-corrected chi connectivity index (χ1v) is 4.15. The zero-order chi connectivity index (χ0) is 10.4. The molecule has 1 aliphatic carbocycles. The predicted molar refractivity (Wildman–Crippen MR) is 53.0 cm³/mol. The van der Waals surface area contributed by atoms with Gasteiger partial charge in [0.05, 0.1) is 18.0 Å². The minimum Gasteiger partial charge on any atom is -0.500 e. The van der Waals surface area contributed by atoms with Crippen LogP contribution in [0.3, 0.4) is 0 Å². The minimum absolute atomic E-state index is 0.0939. The number of hydrogen-bond acceptors (Lipinski definition) is 3. The van der Waals surface area contributed by atoms with Crippen molar-refractivity contribution in [3.05, 3.63) is 58.5 Å². The lowest BCUT2D eigenvalue weighted by Crippen LogP contribution is -1.97. The fourth-order valence-corrected chi connectivity index (χ4v) is 1.14. The molecule has 0 spiro atoms. The van der Waals surface area contributed by atoms with E-state index in [0.29, 0.717) is 5.76 Å². The van der Waals surface area contributed by atoms with E-state index in [-0.39, 0.29) is 5.92 Å². The van der Waals surface area contributed by atoms with Crippen LogP contribution in [0.4, 0.5) is 0 Å². The van der Waals surface area contributed by atoms with E-state index in [1.807, 2.05) is 24.3 Å². The van der Waals surface area contributed by atoms with E-state index in [1.54, 1.807) is 13.2 Å². The number of nitrogens with zero attached hydrogens (tertiary/aromatic N) is 1. The normalized spacial score (nSPS) is 16.8. The van der Waals surface area contributed by atoms with Crippen molar-refractivity contribution in [1.29, 1.82) is 0 Å². The van der Waals surface area contributed by atoms with Gasteiger partial charge in [-0.1, -0.05) is 24.3 Å². The molecule has 0 aliphatic heterocycles. The number of rotatable bonds is 4. The van der Waals surface area contributed by atoms with Gasteiger partial charge in [-0.25, -0.2) is 0 Å². The maximum atomic E-state index is 10.0. The lowest BCUT2D eigenvalue weighted by Gasteiger charge is -2.08. The van der Waals surface area contributed by atoms with Crippen molar-refractivity contribution in [2.75, 3.05) is 7.11 Å². The Kier molecular flexibility index (Phi) is 3.67. The summed E-state index contributed by atoms with van der Waals surface area (Å²) in [6.07, 6.45) is 11.6. The van der Waals surface area contributed by atoms with Crippen LogP contribution >= 0.6 is 0 Å². The summed E-state index contributed by atoms with van der Waals surface area (Å²) < 4.78 is 5.10. The highest BCUT2D eigenvalue weighted by atomic mass is 16.6. The first kappa shape index (κ1) is 10.2. The molecule has 0 atom stereocenters. The Morgan fingerprint density at radius 3 is 2.64 bits per heavy atom. The van der Waals surface area contributed by atoms with Gasteiger partial charge in [-0.2, -0.15) is 0 Å². The van der Waals surface area contributed by atoms with E-state index in [0.717, 1.165) is 6.20 Å². The molecular weight excluding hydrogens is 182 g/mol. The highest BCUT2D eigenvalue weighted by molar-refractivity contribution is 5.27. The van der Waals surface area contributed by atoms with E-state index in [2.05, 4.69) is 0 Å². The first-order valence-electron chi connectivity index (χ1n) is 4.15. The topological polar surface area (TPSA) is 52.4 Å². The van der Waals surface area contributed by atoms with Gasteiger partial charge < -0.3 is 4.74 Å². The Balaban J connectivity index is 2.65. The van der Waals surface area contributed by atoms with Crippen LogP contribution in [0.15, 0.2) is 48.4 Å². The Bertz CT molecular complexity index is 314. The smallest absolute Gasteiger partial charge is 0.234 e. The average molecular weight is 193 g/mol. The number of hydrogen-bond donors (Lipinski definition) is 0. The van der Waals surface area contributed by atoms with Crippen molar-refractivity contribution in [3.63, 3.8) is 0 Å².